The standard InChI is InChI=1S/C27H26N4O3/c1-17-8-7-9-18(2)25(17)29-24(32)16-30(4)26(33)20-12-14-21(15-13-20)31-19(3)28-23-11-6-5-10-22(23)27(31)34/h5-15H,16H2,1-4H3,(H,29,32). The zero-order valence-corrected chi connectivity index (χ0v) is 19.6. The third-order valence-corrected chi connectivity index (χ3v) is 5.79. The van der Waals surface area contributed by atoms with E-state index in [1.807, 2.05) is 44.2 Å². The lowest BCUT2D eigenvalue weighted by molar-refractivity contribution is -0.116. The van der Waals surface area contributed by atoms with Crippen molar-refractivity contribution in [3.63, 3.8) is 0 Å². The van der Waals surface area contributed by atoms with Gasteiger partial charge in [-0.3, -0.25) is 19.0 Å². The second-order valence-electron chi connectivity index (χ2n) is 8.34. The third-order valence-electron chi connectivity index (χ3n) is 5.79. The minimum absolute atomic E-state index is 0.0818. The van der Waals surface area contributed by atoms with E-state index < -0.39 is 0 Å². The number of likely N-dealkylation sites (N-methyl/N-ethyl adjacent to an activating group) is 1. The number of rotatable bonds is 5. The Morgan fingerprint density at radius 1 is 0.912 bits per heavy atom. The molecule has 0 saturated carbocycles. The molecule has 0 fully saturated rings. The van der Waals surface area contributed by atoms with Crippen LogP contribution in [-0.4, -0.2) is 39.9 Å². The number of carbonyl (C=O) groups excluding carboxylic acids is 2. The van der Waals surface area contributed by atoms with Gasteiger partial charge in [-0.25, -0.2) is 4.98 Å². The van der Waals surface area contributed by atoms with Gasteiger partial charge in [0.15, 0.2) is 0 Å². The van der Waals surface area contributed by atoms with Gasteiger partial charge in [0.2, 0.25) is 5.91 Å². The van der Waals surface area contributed by atoms with Crippen molar-refractivity contribution < 1.29 is 9.59 Å². The van der Waals surface area contributed by atoms with Gasteiger partial charge in [-0.2, -0.15) is 0 Å². The number of amides is 2. The average molecular weight is 455 g/mol. The van der Waals surface area contributed by atoms with Gasteiger partial charge in [-0.05, 0) is 68.3 Å². The van der Waals surface area contributed by atoms with Crippen molar-refractivity contribution in [1.29, 1.82) is 0 Å². The largest absolute Gasteiger partial charge is 0.332 e. The van der Waals surface area contributed by atoms with Gasteiger partial charge < -0.3 is 10.2 Å². The Morgan fingerprint density at radius 3 is 2.24 bits per heavy atom. The van der Waals surface area contributed by atoms with Crippen LogP contribution < -0.4 is 10.9 Å². The van der Waals surface area contributed by atoms with E-state index in [1.54, 1.807) is 50.4 Å². The fourth-order valence-electron chi connectivity index (χ4n) is 4.00. The molecule has 172 valence electrons. The van der Waals surface area contributed by atoms with Crippen LogP contribution in [0, 0.1) is 20.8 Å². The second kappa shape index (κ2) is 9.31. The summed E-state index contributed by atoms with van der Waals surface area (Å²) in [5.74, 6) is 0.00117. The summed E-state index contributed by atoms with van der Waals surface area (Å²) in [5, 5.41) is 3.43. The van der Waals surface area contributed by atoms with E-state index in [0.717, 1.165) is 16.8 Å². The predicted octanol–water partition coefficient (Wildman–Crippen LogP) is 4.02. The Labute approximate surface area is 197 Å². The first kappa shape index (κ1) is 22.9. The van der Waals surface area contributed by atoms with Crippen molar-refractivity contribution in [3.05, 3.63) is 99.6 Å². The van der Waals surface area contributed by atoms with E-state index in [4.69, 9.17) is 0 Å². The van der Waals surface area contributed by atoms with Crippen LogP contribution in [0.1, 0.15) is 27.3 Å². The number of fused-ring (bicyclic) bond motifs is 1. The molecule has 0 spiro atoms. The van der Waals surface area contributed by atoms with E-state index in [1.165, 1.54) is 9.47 Å². The summed E-state index contributed by atoms with van der Waals surface area (Å²) < 4.78 is 1.53. The lowest BCUT2D eigenvalue weighted by atomic mass is 10.1. The first-order valence-electron chi connectivity index (χ1n) is 11.0. The number of hydrogen-bond acceptors (Lipinski definition) is 4. The molecule has 0 aliphatic carbocycles. The maximum Gasteiger partial charge on any atom is 0.265 e. The SMILES string of the molecule is Cc1cccc(C)c1NC(=O)CN(C)C(=O)c1ccc(-n2c(C)nc3ccccc3c2=O)cc1. The van der Waals surface area contributed by atoms with Gasteiger partial charge in [0.1, 0.15) is 5.82 Å². The lowest BCUT2D eigenvalue weighted by Crippen LogP contribution is -2.35. The molecule has 0 atom stereocenters. The molecule has 0 bridgehead atoms. The number of para-hydroxylation sites is 2. The van der Waals surface area contributed by atoms with Gasteiger partial charge in [0, 0.05) is 18.3 Å². The zero-order chi connectivity index (χ0) is 24.4. The normalized spacial score (nSPS) is 10.8. The second-order valence-corrected chi connectivity index (χ2v) is 8.34. The smallest absolute Gasteiger partial charge is 0.265 e. The molecule has 34 heavy (non-hydrogen) atoms. The van der Waals surface area contributed by atoms with Crippen LogP contribution in [0.3, 0.4) is 0 Å². The Balaban J connectivity index is 1.51. The van der Waals surface area contributed by atoms with Crippen LogP contribution in [0.25, 0.3) is 16.6 Å². The molecule has 3 aromatic carbocycles. The van der Waals surface area contributed by atoms with Gasteiger partial charge in [-0.15, -0.1) is 0 Å². The van der Waals surface area contributed by atoms with E-state index in [2.05, 4.69) is 10.3 Å². The summed E-state index contributed by atoms with van der Waals surface area (Å²) in [6, 6.07) is 19.7. The highest BCUT2D eigenvalue weighted by molar-refractivity contribution is 5.99. The molecule has 2 amide bonds. The highest BCUT2D eigenvalue weighted by Crippen LogP contribution is 2.19. The number of nitrogens with one attached hydrogen (secondary N) is 1. The minimum Gasteiger partial charge on any atom is -0.332 e. The minimum atomic E-state index is -0.288. The summed E-state index contributed by atoms with van der Waals surface area (Å²) in [6.07, 6.45) is 0. The van der Waals surface area contributed by atoms with Crippen molar-refractivity contribution in [2.75, 3.05) is 18.9 Å². The van der Waals surface area contributed by atoms with Gasteiger partial charge in [-0.1, -0.05) is 30.3 Å². The number of benzene rings is 3. The van der Waals surface area contributed by atoms with Crippen LogP contribution in [0.4, 0.5) is 5.69 Å². The summed E-state index contributed by atoms with van der Waals surface area (Å²) in [4.78, 5) is 44.3. The average Bonchev–Trinajstić information content (AvgIpc) is 2.81. The lowest BCUT2D eigenvalue weighted by Gasteiger charge is -2.18. The quantitative estimate of drug-likeness (QED) is 0.494. The maximum absolute atomic E-state index is 13.0. The number of aromatic nitrogens is 2. The van der Waals surface area contributed by atoms with E-state index in [0.29, 0.717) is 28.0 Å². The van der Waals surface area contributed by atoms with E-state index in [-0.39, 0.29) is 23.9 Å². The summed E-state index contributed by atoms with van der Waals surface area (Å²) in [5.41, 5.74) is 4.22. The summed E-state index contributed by atoms with van der Waals surface area (Å²) in [6.45, 7) is 5.55. The number of nitrogens with zero attached hydrogens (tertiary/aromatic N) is 3. The number of anilines is 1. The molecule has 4 rings (SSSR count). The van der Waals surface area contributed by atoms with Gasteiger partial charge >= 0.3 is 0 Å². The molecule has 0 saturated heterocycles. The fourth-order valence-corrected chi connectivity index (χ4v) is 4.00. The summed E-state index contributed by atoms with van der Waals surface area (Å²) >= 11 is 0. The van der Waals surface area contributed by atoms with Crippen LogP contribution >= 0.6 is 0 Å². The number of carbonyl (C=O) groups is 2. The molecule has 0 aliphatic heterocycles. The molecule has 7 nitrogen and oxygen atoms in total. The molecule has 0 unspecified atom stereocenters. The van der Waals surface area contributed by atoms with Crippen molar-refractivity contribution in [3.8, 4) is 5.69 Å². The Kier molecular flexibility index (Phi) is 6.27. The van der Waals surface area contributed by atoms with Gasteiger partial charge in [0.25, 0.3) is 11.5 Å². The maximum atomic E-state index is 13.0. The van der Waals surface area contributed by atoms with E-state index >= 15 is 0 Å². The number of hydrogen-bond donors (Lipinski definition) is 1. The Hall–Kier alpha value is -4.26. The van der Waals surface area contributed by atoms with E-state index in [9.17, 15) is 14.4 Å². The molecule has 0 radical (unpaired) electrons. The first-order chi connectivity index (χ1) is 16.3. The Morgan fingerprint density at radius 2 is 1.56 bits per heavy atom. The third kappa shape index (κ3) is 4.45. The monoisotopic (exact) mass is 454 g/mol. The highest BCUT2D eigenvalue weighted by atomic mass is 16.2. The van der Waals surface area contributed by atoms with Crippen molar-refractivity contribution in [1.82, 2.24) is 14.5 Å². The highest BCUT2D eigenvalue weighted by Gasteiger charge is 2.17. The molecule has 7 heteroatoms. The van der Waals surface area contributed by atoms with Crippen LogP contribution in [0.15, 0.2) is 71.5 Å². The van der Waals surface area contributed by atoms with Crippen molar-refractivity contribution in [2.45, 2.75) is 20.8 Å². The topological polar surface area (TPSA) is 84.3 Å². The molecule has 0 aliphatic rings. The zero-order valence-electron chi connectivity index (χ0n) is 19.6. The predicted molar refractivity (Wildman–Crippen MR) is 134 cm³/mol. The molecule has 1 heterocycles. The Bertz CT molecular complexity index is 1440. The summed E-state index contributed by atoms with van der Waals surface area (Å²) in [7, 11) is 1.59. The number of aryl methyl sites for hydroxylation is 3. The van der Waals surface area contributed by atoms with Gasteiger partial charge in [0.05, 0.1) is 23.1 Å². The van der Waals surface area contributed by atoms with Crippen LogP contribution in [0.5, 0.6) is 0 Å². The van der Waals surface area contributed by atoms with Crippen molar-refractivity contribution >= 4 is 28.4 Å². The van der Waals surface area contributed by atoms with Crippen LogP contribution in [-0.2, 0) is 4.79 Å². The molecular weight excluding hydrogens is 428 g/mol. The first-order valence-corrected chi connectivity index (χ1v) is 11.0. The fraction of sp³-hybridized carbons (Fsp3) is 0.185. The van der Waals surface area contributed by atoms with Crippen molar-refractivity contribution in [2.24, 2.45) is 0 Å². The molecule has 1 N–H and O–H groups in total. The molecule has 4 aromatic rings. The molecular formula is C27H26N4O3. The van der Waals surface area contributed by atoms with Crippen LogP contribution in [0.2, 0.25) is 0 Å². The molecule has 1 aromatic heterocycles.